The molecule has 0 spiro atoms. The lowest BCUT2D eigenvalue weighted by Crippen LogP contribution is -2.49. The van der Waals surface area contributed by atoms with Crippen molar-refractivity contribution in [1.82, 2.24) is 30.0 Å². The molecule has 1 aliphatic heterocycles. The maximum atomic E-state index is 5.55. The monoisotopic (exact) mass is 410 g/mol. The highest BCUT2D eigenvalue weighted by molar-refractivity contribution is 5.90. The fraction of sp³-hybridized carbons (Fsp3) is 0.524. The second-order valence-electron chi connectivity index (χ2n) is 7.72. The van der Waals surface area contributed by atoms with E-state index in [1.807, 2.05) is 37.6 Å². The zero-order valence-electron chi connectivity index (χ0n) is 18.1. The minimum Gasteiger partial charge on any atom is -0.380 e. The van der Waals surface area contributed by atoms with E-state index in [0.29, 0.717) is 25.8 Å². The largest absolute Gasteiger partial charge is 0.380 e. The van der Waals surface area contributed by atoms with Crippen LogP contribution in [0.15, 0.2) is 18.3 Å². The summed E-state index contributed by atoms with van der Waals surface area (Å²) >= 11 is 0. The highest BCUT2D eigenvalue weighted by Crippen LogP contribution is 2.28. The Morgan fingerprint density at radius 3 is 2.93 bits per heavy atom. The Bertz CT molecular complexity index is 1020. The molecule has 0 aromatic carbocycles. The van der Waals surface area contributed by atoms with Crippen molar-refractivity contribution in [2.45, 2.75) is 40.3 Å². The van der Waals surface area contributed by atoms with E-state index in [-0.39, 0.29) is 0 Å². The van der Waals surface area contributed by atoms with Crippen LogP contribution in [0.5, 0.6) is 0 Å². The Balaban J connectivity index is 1.78. The predicted molar refractivity (Wildman–Crippen MR) is 118 cm³/mol. The Morgan fingerprint density at radius 2 is 2.17 bits per heavy atom. The minimum atomic E-state index is 0.392. The molecule has 1 saturated heterocycles. The number of anilines is 3. The smallest absolute Gasteiger partial charge is 0.228 e. The third-order valence-corrected chi connectivity index (χ3v) is 5.21. The van der Waals surface area contributed by atoms with E-state index in [2.05, 4.69) is 27.4 Å². The van der Waals surface area contributed by atoms with Gasteiger partial charge in [0.05, 0.1) is 18.8 Å². The molecule has 0 saturated carbocycles. The molecule has 1 fully saturated rings. The number of ether oxygens (including phenoxy) is 1. The number of nitrogens with one attached hydrogen (secondary N) is 2. The van der Waals surface area contributed by atoms with Gasteiger partial charge in [-0.05, 0) is 45.4 Å². The molecule has 0 aliphatic carbocycles. The summed E-state index contributed by atoms with van der Waals surface area (Å²) in [5, 5.41) is 11.6. The third kappa shape index (κ3) is 4.36. The van der Waals surface area contributed by atoms with E-state index >= 15 is 0 Å². The molecule has 30 heavy (non-hydrogen) atoms. The maximum Gasteiger partial charge on any atom is 0.228 e. The van der Waals surface area contributed by atoms with Crippen molar-refractivity contribution in [2.24, 2.45) is 0 Å². The van der Waals surface area contributed by atoms with E-state index in [9.17, 15) is 0 Å². The lowest BCUT2D eigenvalue weighted by molar-refractivity contribution is 0.137. The normalized spacial score (nSPS) is 16.9. The van der Waals surface area contributed by atoms with Crippen molar-refractivity contribution in [3.63, 3.8) is 0 Å². The van der Waals surface area contributed by atoms with Crippen LogP contribution in [-0.4, -0.2) is 63.6 Å². The molecule has 3 aromatic rings. The number of aryl methyl sites for hydroxylation is 2. The molecule has 1 atom stereocenters. The SMILES string of the molecule is CCOCCn1nc(C)c2nc(N3CCN[C@H](C)C3)nc(Nc3cc(C)ccn3)c21. The molecular weight excluding hydrogens is 380 g/mol. The number of fused-ring (bicyclic) bond motifs is 1. The number of piperazine rings is 1. The number of pyridine rings is 1. The number of hydrogen-bond acceptors (Lipinski definition) is 8. The molecular formula is C21H30N8O. The summed E-state index contributed by atoms with van der Waals surface area (Å²) in [6.45, 7) is 12.8. The van der Waals surface area contributed by atoms with E-state index in [4.69, 9.17) is 19.8 Å². The molecule has 4 heterocycles. The molecule has 9 heteroatoms. The zero-order chi connectivity index (χ0) is 21.1. The van der Waals surface area contributed by atoms with Gasteiger partial charge in [0.1, 0.15) is 16.9 Å². The first kappa shape index (κ1) is 20.5. The average molecular weight is 411 g/mol. The highest BCUT2D eigenvalue weighted by Gasteiger charge is 2.23. The van der Waals surface area contributed by atoms with Crippen molar-refractivity contribution in [1.29, 1.82) is 0 Å². The lowest BCUT2D eigenvalue weighted by atomic mass is 10.2. The summed E-state index contributed by atoms with van der Waals surface area (Å²) in [5.41, 5.74) is 3.75. The molecule has 0 radical (unpaired) electrons. The zero-order valence-corrected chi connectivity index (χ0v) is 18.1. The van der Waals surface area contributed by atoms with E-state index in [0.717, 1.165) is 59.5 Å². The van der Waals surface area contributed by atoms with E-state index in [1.165, 1.54) is 0 Å². The van der Waals surface area contributed by atoms with Gasteiger partial charge in [-0.1, -0.05) is 0 Å². The summed E-state index contributed by atoms with van der Waals surface area (Å²) in [4.78, 5) is 16.5. The van der Waals surface area contributed by atoms with Gasteiger partial charge in [0.15, 0.2) is 5.82 Å². The number of nitrogens with zero attached hydrogens (tertiary/aromatic N) is 6. The molecule has 3 aromatic heterocycles. The van der Waals surface area contributed by atoms with Gasteiger partial charge in [0, 0.05) is 38.5 Å². The summed E-state index contributed by atoms with van der Waals surface area (Å²) in [6, 6.07) is 4.38. The van der Waals surface area contributed by atoms with Gasteiger partial charge in [-0.2, -0.15) is 10.1 Å². The minimum absolute atomic E-state index is 0.392. The molecule has 1 aliphatic rings. The summed E-state index contributed by atoms with van der Waals surface area (Å²) in [6.07, 6.45) is 1.80. The number of rotatable bonds is 7. The molecule has 4 rings (SSSR count). The second-order valence-corrected chi connectivity index (χ2v) is 7.72. The van der Waals surface area contributed by atoms with Crippen LogP contribution >= 0.6 is 0 Å². The van der Waals surface area contributed by atoms with Crippen LogP contribution in [0.3, 0.4) is 0 Å². The maximum absolute atomic E-state index is 5.55. The fourth-order valence-electron chi connectivity index (χ4n) is 3.74. The molecule has 0 unspecified atom stereocenters. The van der Waals surface area contributed by atoms with Crippen LogP contribution in [0, 0.1) is 13.8 Å². The van der Waals surface area contributed by atoms with Crippen LogP contribution in [-0.2, 0) is 11.3 Å². The number of hydrogen-bond donors (Lipinski definition) is 2. The molecule has 9 nitrogen and oxygen atoms in total. The van der Waals surface area contributed by atoms with Crippen LogP contribution in [0.4, 0.5) is 17.6 Å². The van der Waals surface area contributed by atoms with Crippen molar-refractivity contribution >= 4 is 28.6 Å². The Hall–Kier alpha value is -2.78. The first-order valence-corrected chi connectivity index (χ1v) is 10.6. The first-order valence-electron chi connectivity index (χ1n) is 10.6. The van der Waals surface area contributed by atoms with Gasteiger partial charge in [0.25, 0.3) is 0 Å². The van der Waals surface area contributed by atoms with Crippen molar-refractivity contribution in [2.75, 3.05) is 43.1 Å². The quantitative estimate of drug-likeness (QED) is 0.574. The summed E-state index contributed by atoms with van der Waals surface area (Å²) < 4.78 is 7.48. The van der Waals surface area contributed by atoms with Crippen molar-refractivity contribution in [3.05, 3.63) is 29.6 Å². The Labute approximate surface area is 176 Å². The number of aromatic nitrogens is 5. The molecule has 160 valence electrons. The Kier molecular flexibility index (Phi) is 6.10. The second kappa shape index (κ2) is 8.93. The van der Waals surface area contributed by atoms with Crippen LogP contribution < -0.4 is 15.5 Å². The first-order chi connectivity index (χ1) is 14.5. The topological polar surface area (TPSA) is 93.0 Å². The van der Waals surface area contributed by atoms with Gasteiger partial charge < -0.3 is 20.3 Å². The lowest BCUT2D eigenvalue weighted by Gasteiger charge is -2.32. The summed E-state index contributed by atoms with van der Waals surface area (Å²) in [5.74, 6) is 2.19. The van der Waals surface area contributed by atoms with Crippen LogP contribution in [0.1, 0.15) is 25.1 Å². The Morgan fingerprint density at radius 1 is 1.30 bits per heavy atom. The van der Waals surface area contributed by atoms with E-state index in [1.54, 1.807) is 6.20 Å². The van der Waals surface area contributed by atoms with Crippen molar-refractivity contribution in [3.8, 4) is 0 Å². The van der Waals surface area contributed by atoms with Gasteiger partial charge in [0.2, 0.25) is 5.95 Å². The fourth-order valence-corrected chi connectivity index (χ4v) is 3.74. The van der Waals surface area contributed by atoms with Gasteiger partial charge >= 0.3 is 0 Å². The van der Waals surface area contributed by atoms with E-state index < -0.39 is 0 Å². The molecule has 0 bridgehead atoms. The molecule has 2 N–H and O–H groups in total. The van der Waals surface area contributed by atoms with Gasteiger partial charge in [-0.15, -0.1) is 0 Å². The molecule has 0 amide bonds. The summed E-state index contributed by atoms with van der Waals surface area (Å²) in [7, 11) is 0. The third-order valence-electron chi connectivity index (χ3n) is 5.21. The van der Waals surface area contributed by atoms with Crippen molar-refractivity contribution < 1.29 is 4.74 Å². The van der Waals surface area contributed by atoms with Gasteiger partial charge in [-0.25, -0.2) is 9.97 Å². The van der Waals surface area contributed by atoms with Crippen LogP contribution in [0.2, 0.25) is 0 Å². The van der Waals surface area contributed by atoms with Crippen LogP contribution in [0.25, 0.3) is 11.0 Å². The standard InChI is InChI=1S/C21H30N8O/c1-5-30-11-10-29-19-18(16(4)27-29)25-21(28-9-8-22-15(3)13-28)26-20(19)24-17-12-14(2)6-7-23-17/h6-7,12,15,22H,5,8-11,13H2,1-4H3,(H,23,24,25,26)/t15-/m1/s1. The van der Waals surface area contributed by atoms with Gasteiger partial charge in [-0.3, -0.25) is 4.68 Å². The highest BCUT2D eigenvalue weighted by atomic mass is 16.5. The predicted octanol–water partition coefficient (Wildman–Crippen LogP) is 2.42. The average Bonchev–Trinajstić information content (AvgIpc) is 3.04.